The molecule has 0 amide bonds. The fourth-order valence-electron chi connectivity index (χ4n) is 2.52. The van der Waals surface area contributed by atoms with E-state index in [1.54, 1.807) is 6.07 Å². The molecule has 6 heteroatoms. The third-order valence-electron chi connectivity index (χ3n) is 3.67. The van der Waals surface area contributed by atoms with Gasteiger partial charge in [0.1, 0.15) is 0 Å². The van der Waals surface area contributed by atoms with Crippen LogP contribution < -0.4 is 4.74 Å². The fraction of sp³-hybridized carbons (Fsp3) is 0.533. The molecule has 4 nitrogen and oxygen atoms in total. The minimum Gasteiger partial charge on any atom is -0.494 e. The summed E-state index contributed by atoms with van der Waals surface area (Å²) < 4.78 is 21.4. The van der Waals surface area contributed by atoms with Gasteiger partial charge >= 0.3 is 0 Å². The lowest BCUT2D eigenvalue weighted by Gasteiger charge is -2.19. The molecule has 116 valence electrons. The van der Waals surface area contributed by atoms with Gasteiger partial charge in [-0.1, -0.05) is 13.8 Å². The zero-order chi connectivity index (χ0) is 15.4. The number of aromatic nitrogens is 2. The molecule has 2 rings (SSSR count). The number of hydrogen-bond donors (Lipinski definition) is 1. The number of nitrogens with one attached hydrogen (secondary N) is 1. The number of benzene rings is 1. The van der Waals surface area contributed by atoms with Gasteiger partial charge in [-0.15, -0.1) is 0 Å². The van der Waals surface area contributed by atoms with E-state index in [9.17, 15) is 4.39 Å². The molecule has 1 heterocycles. The summed E-state index contributed by atoms with van der Waals surface area (Å²) in [5, 5.41) is 0. The number of methoxy groups -OCH3 is 1. The first-order valence-electron chi connectivity index (χ1n) is 7.29. The summed E-state index contributed by atoms with van der Waals surface area (Å²) in [4.78, 5) is 5.43. The Kier molecular flexibility index (Phi) is 5.36. The van der Waals surface area contributed by atoms with Crippen molar-refractivity contribution in [2.75, 3.05) is 26.7 Å². The summed E-state index contributed by atoms with van der Waals surface area (Å²) >= 11 is 5.35. The maximum Gasteiger partial charge on any atom is 0.178 e. The number of likely N-dealkylation sites (N-methyl/N-ethyl adjacent to an activating group) is 1. The Morgan fingerprint density at radius 2 is 2.10 bits per heavy atom. The Hall–Kier alpha value is -1.40. The molecular formula is C15H22FN3OS. The van der Waals surface area contributed by atoms with Crippen LogP contribution in [0.25, 0.3) is 11.0 Å². The second kappa shape index (κ2) is 7.04. The van der Waals surface area contributed by atoms with Gasteiger partial charge in [0, 0.05) is 25.2 Å². The lowest BCUT2D eigenvalue weighted by Crippen LogP contribution is -2.28. The number of nitrogens with zero attached hydrogens (tertiary/aromatic N) is 2. The summed E-state index contributed by atoms with van der Waals surface area (Å²) in [6, 6.07) is 3.14. The zero-order valence-electron chi connectivity index (χ0n) is 12.8. The highest BCUT2D eigenvalue weighted by Gasteiger charge is 2.11. The molecule has 0 aliphatic heterocycles. The minimum absolute atomic E-state index is 0.242. The van der Waals surface area contributed by atoms with Gasteiger partial charge in [-0.3, -0.25) is 0 Å². The number of H-pyrrole nitrogens is 1. The van der Waals surface area contributed by atoms with E-state index in [0.29, 0.717) is 10.3 Å². The first-order valence-corrected chi connectivity index (χ1v) is 7.69. The highest BCUT2D eigenvalue weighted by molar-refractivity contribution is 7.71. The van der Waals surface area contributed by atoms with Crippen molar-refractivity contribution in [2.24, 2.45) is 0 Å². The standard InChI is InChI=1S/C15H22FN3OS/c1-4-6-18(5-2)7-8-19-13-10-14(20-3)11(16)9-12(13)17-15(19)21/h9-10H,4-8H2,1-3H3,(H,17,21). The van der Waals surface area contributed by atoms with Crippen LogP contribution in [0, 0.1) is 10.6 Å². The van der Waals surface area contributed by atoms with E-state index in [2.05, 4.69) is 23.7 Å². The number of ether oxygens (including phenoxy) is 1. The van der Waals surface area contributed by atoms with Crippen LogP contribution in [0.15, 0.2) is 12.1 Å². The zero-order valence-corrected chi connectivity index (χ0v) is 13.6. The highest BCUT2D eigenvalue weighted by atomic mass is 32.1. The summed E-state index contributed by atoms with van der Waals surface area (Å²) in [7, 11) is 1.47. The molecule has 0 atom stereocenters. The normalized spacial score (nSPS) is 11.5. The van der Waals surface area contributed by atoms with Gasteiger partial charge in [0.15, 0.2) is 16.3 Å². The van der Waals surface area contributed by atoms with Gasteiger partial charge in [0.25, 0.3) is 0 Å². The number of rotatable bonds is 7. The predicted molar refractivity (Wildman–Crippen MR) is 86.0 cm³/mol. The Bertz CT molecular complexity index is 665. The summed E-state index contributed by atoms with van der Waals surface area (Å²) in [6.07, 6.45) is 1.13. The highest BCUT2D eigenvalue weighted by Crippen LogP contribution is 2.24. The maximum atomic E-state index is 13.7. The molecule has 0 bridgehead atoms. The van der Waals surface area contributed by atoms with Crippen molar-refractivity contribution in [3.63, 3.8) is 0 Å². The lowest BCUT2D eigenvalue weighted by molar-refractivity contribution is 0.277. The van der Waals surface area contributed by atoms with Gasteiger partial charge in [0.05, 0.1) is 18.1 Å². The van der Waals surface area contributed by atoms with Crippen LogP contribution in [0.3, 0.4) is 0 Å². The van der Waals surface area contributed by atoms with Gasteiger partial charge < -0.3 is 19.2 Å². The topological polar surface area (TPSA) is 33.2 Å². The third kappa shape index (κ3) is 3.44. The SMILES string of the molecule is CCCN(CC)CCn1c(=S)[nH]c2cc(F)c(OC)cc21. The molecule has 21 heavy (non-hydrogen) atoms. The van der Waals surface area contributed by atoms with Crippen molar-refractivity contribution >= 4 is 23.3 Å². The monoisotopic (exact) mass is 311 g/mol. The molecule has 0 aliphatic rings. The van der Waals surface area contributed by atoms with Gasteiger partial charge in [-0.25, -0.2) is 4.39 Å². The molecule has 0 fully saturated rings. The van der Waals surface area contributed by atoms with E-state index >= 15 is 0 Å². The molecule has 0 radical (unpaired) electrons. The van der Waals surface area contributed by atoms with E-state index in [4.69, 9.17) is 17.0 Å². The van der Waals surface area contributed by atoms with Crippen molar-refractivity contribution in [1.82, 2.24) is 14.5 Å². The van der Waals surface area contributed by atoms with Crippen LogP contribution in [0.4, 0.5) is 4.39 Å². The molecule has 0 unspecified atom stereocenters. The van der Waals surface area contributed by atoms with Crippen LogP contribution in [-0.4, -0.2) is 41.2 Å². The van der Waals surface area contributed by atoms with Crippen molar-refractivity contribution < 1.29 is 9.13 Å². The molecule has 0 saturated heterocycles. The van der Waals surface area contributed by atoms with E-state index in [1.165, 1.54) is 13.2 Å². The molecule has 2 aromatic rings. The molecule has 0 saturated carbocycles. The summed E-state index contributed by atoms with van der Waals surface area (Å²) in [5.41, 5.74) is 1.59. The third-order valence-corrected chi connectivity index (χ3v) is 4.00. The van der Waals surface area contributed by atoms with Gasteiger partial charge in [-0.2, -0.15) is 0 Å². The summed E-state index contributed by atoms with van der Waals surface area (Å²) in [6.45, 7) is 8.12. The Morgan fingerprint density at radius 3 is 2.71 bits per heavy atom. The number of halogens is 1. The van der Waals surface area contributed by atoms with Gasteiger partial charge in [-0.05, 0) is 31.7 Å². The Labute approximate surface area is 129 Å². The smallest absolute Gasteiger partial charge is 0.178 e. The van der Waals surface area contributed by atoms with Crippen LogP contribution >= 0.6 is 12.2 Å². The van der Waals surface area contributed by atoms with Crippen molar-refractivity contribution in [1.29, 1.82) is 0 Å². The Morgan fingerprint density at radius 1 is 1.33 bits per heavy atom. The molecule has 0 aliphatic carbocycles. The molecule has 1 aromatic heterocycles. The van der Waals surface area contributed by atoms with E-state index in [1.807, 2.05) is 4.57 Å². The fourth-order valence-corrected chi connectivity index (χ4v) is 2.82. The maximum absolute atomic E-state index is 13.7. The number of hydrogen-bond acceptors (Lipinski definition) is 3. The first kappa shape index (κ1) is 16.0. The number of aromatic amines is 1. The molecule has 1 aromatic carbocycles. The van der Waals surface area contributed by atoms with Crippen LogP contribution in [0.1, 0.15) is 20.3 Å². The lowest BCUT2D eigenvalue weighted by atomic mass is 10.3. The predicted octanol–water partition coefficient (Wildman–Crippen LogP) is 3.58. The average molecular weight is 311 g/mol. The first-order chi connectivity index (χ1) is 10.1. The van der Waals surface area contributed by atoms with E-state index < -0.39 is 0 Å². The molecule has 1 N–H and O–H groups in total. The second-order valence-corrected chi connectivity index (χ2v) is 5.41. The van der Waals surface area contributed by atoms with Crippen LogP contribution in [-0.2, 0) is 6.54 Å². The van der Waals surface area contributed by atoms with Crippen LogP contribution in [0.5, 0.6) is 5.75 Å². The largest absolute Gasteiger partial charge is 0.494 e. The number of imidazole rings is 1. The van der Waals surface area contributed by atoms with E-state index in [0.717, 1.165) is 38.1 Å². The quantitative estimate of drug-likeness (QED) is 0.794. The van der Waals surface area contributed by atoms with Crippen molar-refractivity contribution in [2.45, 2.75) is 26.8 Å². The average Bonchev–Trinajstić information content (AvgIpc) is 2.77. The second-order valence-electron chi connectivity index (χ2n) is 5.02. The van der Waals surface area contributed by atoms with Crippen LogP contribution in [0.2, 0.25) is 0 Å². The Balaban J connectivity index is 2.30. The molecule has 0 spiro atoms. The van der Waals surface area contributed by atoms with Crippen molar-refractivity contribution in [3.8, 4) is 5.75 Å². The molecular weight excluding hydrogens is 289 g/mol. The summed E-state index contributed by atoms with van der Waals surface area (Å²) in [5.74, 6) is -0.138. The minimum atomic E-state index is -0.380. The van der Waals surface area contributed by atoms with Gasteiger partial charge in [0.2, 0.25) is 0 Å². The van der Waals surface area contributed by atoms with E-state index in [-0.39, 0.29) is 11.6 Å². The number of fused-ring (bicyclic) bond motifs is 1. The van der Waals surface area contributed by atoms with Crippen molar-refractivity contribution in [3.05, 3.63) is 22.7 Å².